The van der Waals surface area contributed by atoms with E-state index in [-0.39, 0.29) is 11.8 Å². The van der Waals surface area contributed by atoms with Crippen molar-refractivity contribution in [3.8, 4) is 11.6 Å². The van der Waals surface area contributed by atoms with Crippen molar-refractivity contribution in [3.63, 3.8) is 0 Å². The van der Waals surface area contributed by atoms with E-state index in [1.165, 1.54) is 0 Å². The van der Waals surface area contributed by atoms with Gasteiger partial charge in [-0.1, -0.05) is 26.7 Å². The van der Waals surface area contributed by atoms with Crippen molar-refractivity contribution in [1.29, 1.82) is 0 Å². The summed E-state index contributed by atoms with van der Waals surface area (Å²) in [4.78, 5) is 40.8. The smallest absolute Gasteiger partial charge is 0.271 e. The first-order valence-corrected chi connectivity index (χ1v) is 11.3. The Morgan fingerprint density at radius 2 is 1.19 bits per heavy atom. The molecule has 10 heteroatoms. The third kappa shape index (κ3) is 7.16. The van der Waals surface area contributed by atoms with Crippen LogP contribution in [0, 0.1) is 0 Å². The van der Waals surface area contributed by atoms with Gasteiger partial charge in [0.2, 0.25) is 0 Å². The lowest BCUT2D eigenvalue weighted by Crippen LogP contribution is -2.26. The van der Waals surface area contributed by atoms with E-state index in [4.69, 9.17) is 9.47 Å². The molecule has 0 aliphatic rings. The van der Waals surface area contributed by atoms with E-state index in [9.17, 15) is 9.59 Å². The molecule has 0 unspecified atom stereocenters. The predicted molar refractivity (Wildman–Crippen MR) is 122 cm³/mol. The van der Waals surface area contributed by atoms with E-state index in [0.717, 1.165) is 37.1 Å². The van der Waals surface area contributed by atoms with Gasteiger partial charge in [0.15, 0.2) is 11.6 Å². The number of carbonyl (C=O) groups is 2. The maximum Gasteiger partial charge on any atom is 0.271 e. The van der Waals surface area contributed by atoms with Crippen LogP contribution in [0.1, 0.15) is 71.9 Å². The number of carbonyl (C=O) groups excluding carboxylic acids is 2. The van der Waals surface area contributed by atoms with Crippen LogP contribution in [-0.2, 0) is 22.3 Å². The number of aromatic nitrogens is 4. The highest BCUT2D eigenvalue weighted by Gasteiger charge is 2.22. The third-order valence-electron chi connectivity index (χ3n) is 4.83. The zero-order valence-electron chi connectivity index (χ0n) is 19.6. The van der Waals surface area contributed by atoms with Crippen LogP contribution >= 0.6 is 0 Å². The van der Waals surface area contributed by atoms with Crippen LogP contribution in [0.5, 0.6) is 0 Å². The number of aryl methyl sites for hydroxylation is 2. The van der Waals surface area contributed by atoms with Gasteiger partial charge in [-0.25, -0.2) is 9.97 Å². The number of hydrogen-bond acceptors (Lipinski definition) is 6. The standard InChI is InChI=1S/C22H36N6O4/c1-5-9-15-17(21(29)23-11-7-13-31-3)27-19(25-15)20-26-16(10-6-2)18(28-20)22(30)24-12-8-14-32-4/h5-14H2,1-4H3,(H,23,29)(H,24,30)(H,25,27)(H,26,28). The molecule has 0 aliphatic heterocycles. The van der Waals surface area contributed by atoms with Crippen molar-refractivity contribution >= 4 is 11.8 Å². The molecule has 2 aromatic rings. The molecular formula is C22H36N6O4. The van der Waals surface area contributed by atoms with Crippen LogP contribution < -0.4 is 10.6 Å². The topological polar surface area (TPSA) is 134 Å². The molecule has 0 aliphatic carbocycles. The van der Waals surface area contributed by atoms with Gasteiger partial charge < -0.3 is 30.1 Å². The van der Waals surface area contributed by atoms with Crippen molar-refractivity contribution < 1.29 is 19.1 Å². The third-order valence-corrected chi connectivity index (χ3v) is 4.83. The first kappa shape index (κ1) is 25.5. The lowest BCUT2D eigenvalue weighted by molar-refractivity contribution is 0.0934. The summed E-state index contributed by atoms with van der Waals surface area (Å²) < 4.78 is 10.0. The second kappa shape index (κ2) is 13.6. The molecule has 0 radical (unpaired) electrons. The van der Waals surface area contributed by atoms with E-state index < -0.39 is 0 Å². The van der Waals surface area contributed by atoms with Crippen LogP contribution in [0.25, 0.3) is 11.6 Å². The van der Waals surface area contributed by atoms with Gasteiger partial charge in [-0.15, -0.1) is 0 Å². The number of amides is 2. The van der Waals surface area contributed by atoms with Crippen LogP contribution in [0.3, 0.4) is 0 Å². The second-order valence-corrected chi connectivity index (χ2v) is 7.53. The highest BCUT2D eigenvalue weighted by Crippen LogP contribution is 2.20. The molecule has 32 heavy (non-hydrogen) atoms. The molecule has 0 fully saturated rings. The minimum atomic E-state index is -0.233. The Morgan fingerprint density at radius 1 is 0.781 bits per heavy atom. The Kier molecular flexibility index (Phi) is 10.9. The first-order chi connectivity index (χ1) is 15.5. The molecular weight excluding hydrogens is 412 g/mol. The number of rotatable bonds is 15. The maximum atomic E-state index is 12.7. The molecule has 4 N–H and O–H groups in total. The number of nitrogens with one attached hydrogen (secondary N) is 4. The number of nitrogens with zero attached hydrogens (tertiary/aromatic N) is 2. The van der Waals surface area contributed by atoms with Gasteiger partial charge in [0.05, 0.1) is 0 Å². The summed E-state index contributed by atoms with van der Waals surface area (Å²) in [6, 6.07) is 0. The van der Waals surface area contributed by atoms with Crippen LogP contribution in [0.4, 0.5) is 0 Å². The molecule has 2 rings (SSSR count). The van der Waals surface area contributed by atoms with Gasteiger partial charge in [0.25, 0.3) is 11.8 Å². The van der Waals surface area contributed by atoms with Crippen molar-refractivity contribution in [2.24, 2.45) is 0 Å². The Labute approximate surface area is 189 Å². The molecule has 2 amide bonds. The Morgan fingerprint density at radius 3 is 1.53 bits per heavy atom. The van der Waals surface area contributed by atoms with Gasteiger partial charge in [-0.3, -0.25) is 9.59 Å². The van der Waals surface area contributed by atoms with Crippen LogP contribution in [0.15, 0.2) is 0 Å². The van der Waals surface area contributed by atoms with E-state index >= 15 is 0 Å². The molecule has 2 aromatic heterocycles. The second-order valence-electron chi connectivity index (χ2n) is 7.53. The lowest BCUT2D eigenvalue weighted by Gasteiger charge is -2.04. The summed E-state index contributed by atoms with van der Waals surface area (Å²) in [6.07, 6.45) is 4.54. The molecule has 10 nitrogen and oxygen atoms in total. The molecule has 178 valence electrons. The fraction of sp³-hybridized carbons (Fsp3) is 0.636. The minimum Gasteiger partial charge on any atom is -0.385 e. The van der Waals surface area contributed by atoms with Gasteiger partial charge in [-0.2, -0.15) is 0 Å². The van der Waals surface area contributed by atoms with Gasteiger partial charge in [-0.05, 0) is 25.7 Å². The quantitative estimate of drug-likeness (QED) is 0.309. The average molecular weight is 449 g/mol. The Balaban J connectivity index is 2.23. The SMILES string of the molecule is CCCc1[nH]c(-c2nc(C(=O)NCCCOC)c(CCC)[nH]2)nc1C(=O)NCCCOC. The molecule has 0 bridgehead atoms. The molecule has 0 saturated heterocycles. The van der Waals surface area contributed by atoms with Gasteiger partial charge in [0, 0.05) is 51.9 Å². The van der Waals surface area contributed by atoms with Gasteiger partial charge >= 0.3 is 0 Å². The summed E-state index contributed by atoms with van der Waals surface area (Å²) >= 11 is 0. The highest BCUT2D eigenvalue weighted by molar-refractivity contribution is 5.95. The van der Waals surface area contributed by atoms with Gasteiger partial charge in [0.1, 0.15) is 11.4 Å². The first-order valence-electron chi connectivity index (χ1n) is 11.3. The monoisotopic (exact) mass is 448 g/mol. The van der Waals surface area contributed by atoms with Crippen molar-refractivity contribution in [1.82, 2.24) is 30.6 Å². The summed E-state index contributed by atoms with van der Waals surface area (Å²) in [5.74, 6) is 0.435. The average Bonchev–Trinajstić information content (AvgIpc) is 3.39. The van der Waals surface area contributed by atoms with E-state index in [1.54, 1.807) is 14.2 Å². The molecule has 0 spiro atoms. The number of hydrogen-bond donors (Lipinski definition) is 4. The number of ether oxygens (including phenoxy) is 2. The summed E-state index contributed by atoms with van der Waals surface area (Å²) in [5.41, 5.74) is 2.23. The number of aromatic amines is 2. The van der Waals surface area contributed by atoms with Crippen molar-refractivity contribution in [3.05, 3.63) is 22.8 Å². The van der Waals surface area contributed by atoms with Crippen LogP contribution in [0.2, 0.25) is 0 Å². The number of imidazole rings is 2. The lowest BCUT2D eigenvalue weighted by atomic mass is 10.2. The molecule has 2 heterocycles. The molecule has 0 saturated carbocycles. The van der Waals surface area contributed by atoms with Crippen LogP contribution in [-0.4, -0.2) is 72.3 Å². The number of methoxy groups -OCH3 is 2. The minimum absolute atomic E-state index is 0.233. The van der Waals surface area contributed by atoms with E-state index in [1.807, 2.05) is 13.8 Å². The number of H-pyrrole nitrogens is 2. The highest BCUT2D eigenvalue weighted by atomic mass is 16.5. The largest absolute Gasteiger partial charge is 0.385 e. The zero-order valence-corrected chi connectivity index (χ0v) is 19.6. The predicted octanol–water partition coefficient (Wildman–Crippen LogP) is 2.24. The van der Waals surface area contributed by atoms with Crippen molar-refractivity contribution in [2.75, 3.05) is 40.5 Å². The van der Waals surface area contributed by atoms with E-state index in [2.05, 4.69) is 30.6 Å². The fourth-order valence-electron chi connectivity index (χ4n) is 3.28. The Bertz CT molecular complexity index is 790. The summed E-state index contributed by atoms with van der Waals surface area (Å²) in [6.45, 7) is 6.26. The Hall–Kier alpha value is -2.72. The van der Waals surface area contributed by atoms with E-state index in [0.29, 0.717) is 62.2 Å². The fourth-order valence-corrected chi connectivity index (χ4v) is 3.28. The summed E-state index contributed by atoms with van der Waals surface area (Å²) in [7, 11) is 3.26. The maximum absolute atomic E-state index is 12.7. The normalized spacial score (nSPS) is 11.0. The zero-order chi connectivity index (χ0) is 23.3. The summed E-state index contributed by atoms with van der Waals surface area (Å²) in [5, 5.41) is 5.76. The molecule has 0 aromatic carbocycles. The van der Waals surface area contributed by atoms with Crippen molar-refractivity contribution in [2.45, 2.75) is 52.4 Å². The molecule has 0 atom stereocenters.